The summed E-state index contributed by atoms with van der Waals surface area (Å²) in [7, 11) is 1.68. The first-order chi connectivity index (χ1) is 8.13. The number of halogens is 1. The Kier molecular flexibility index (Phi) is 4.07. The van der Waals surface area contributed by atoms with Gasteiger partial charge in [-0.2, -0.15) is 0 Å². The van der Waals surface area contributed by atoms with Gasteiger partial charge in [0.05, 0.1) is 13.7 Å². The van der Waals surface area contributed by atoms with E-state index in [1.54, 1.807) is 7.11 Å². The number of hydrogen-bond donors (Lipinski definition) is 1. The van der Waals surface area contributed by atoms with Crippen molar-refractivity contribution >= 4 is 15.9 Å². The smallest absolute Gasteiger partial charge is 0.119 e. The summed E-state index contributed by atoms with van der Waals surface area (Å²) in [6.07, 6.45) is 2.86. The molecule has 3 nitrogen and oxygen atoms in total. The third kappa shape index (κ3) is 3.21. The summed E-state index contributed by atoms with van der Waals surface area (Å²) in [4.78, 5) is 0. The highest BCUT2D eigenvalue weighted by Gasteiger charge is 2.29. The molecule has 0 saturated carbocycles. The van der Waals surface area contributed by atoms with Gasteiger partial charge in [0, 0.05) is 16.6 Å². The Labute approximate surface area is 110 Å². The third-order valence-corrected chi connectivity index (χ3v) is 3.92. The summed E-state index contributed by atoms with van der Waals surface area (Å²) in [6.45, 7) is 1.47. The fraction of sp³-hybridized carbons (Fsp3) is 0.538. The second kappa shape index (κ2) is 5.38. The molecule has 4 heteroatoms. The van der Waals surface area contributed by atoms with Crippen LogP contribution in [-0.2, 0) is 11.2 Å². The van der Waals surface area contributed by atoms with Crippen molar-refractivity contribution < 1.29 is 9.47 Å². The summed E-state index contributed by atoms with van der Waals surface area (Å²) in [6, 6.07) is 5.97. The van der Waals surface area contributed by atoms with E-state index >= 15 is 0 Å². The highest BCUT2D eigenvalue weighted by atomic mass is 79.9. The molecule has 17 heavy (non-hydrogen) atoms. The lowest BCUT2D eigenvalue weighted by molar-refractivity contribution is 0.0381. The number of ether oxygens (including phenoxy) is 2. The van der Waals surface area contributed by atoms with Crippen molar-refractivity contribution in [2.75, 3.05) is 20.3 Å². The second-order valence-electron chi connectivity index (χ2n) is 4.65. The largest absolute Gasteiger partial charge is 0.497 e. The average Bonchev–Trinajstić information content (AvgIpc) is 2.33. The SMILES string of the molecule is COc1ccc(Br)c(CC2(N)CCCOC2)c1. The molecule has 0 aliphatic carbocycles. The van der Waals surface area contributed by atoms with Crippen LogP contribution >= 0.6 is 15.9 Å². The molecular formula is C13H18BrNO2. The average molecular weight is 300 g/mol. The van der Waals surface area contributed by atoms with Crippen LogP contribution in [0.4, 0.5) is 0 Å². The van der Waals surface area contributed by atoms with Gasteiger partial charge in [-0.25, -0.2) is 0 Å². The molecule has 1 atom stereocenters. The Morgan fingerprint density at radius 3 is 3.00 bits per heavy atom. The third-order valence-electron chi connectivity index (χ3n) is 3.15. The number of methoxy groups -OCH3 is 1. The molecule has 1 unspecified atom stereocenters. The van der Waals surface area contributed by atoms with E-state index in [2.05, 4.69) is 15.9 Å². The maximum Gasteiger partial charge on any atom is 0.119 e. The molecule has 0 bridgehead atoms. The van der Waals surface area contributed by atoms with Gasteiger partial charge in [0.25, 0.3) is 0 Å². The van der Waals surface area contributed by atoms with Gasteiger partial charge in [0.15, 0.2) is 0 Å². The predicted octanol–water partition coefficient (Wildman–Crippen LogP) is 2.51. The second-order valence-corrected chi connectivity index (χ2v) is 5.51. The van der Waals surface area contributed by atoms with E-state index in [0.717, 1.165) is 36.1 Å². The van der Waals surface area contributed by atoms with Crippen LogP contribution in [0.2, 0.25) is 0 Å². The molecule has 1 heterocycles. The molecule has 1 fully saturated rings. The highest BCUT2D eigenvalue weighted by molar-refractivity contribution is 9.10. The van der Waals surface area contributed by atoms with Crippen LogP contribution in [0.15, 0.2) is 22.7 Å². The lowest BCUT2D eigenvalue weighted by Gasteiger charge is -2.33. The van der Waals surface area contributed by atoms with Crippen LogP contribution < -0.4 is 10.5 Å². The van der Waals surface area contributed by atoms with Crippen molar-refractivity contribution in [2.45, 2.75) is 24.8 Å². The lowest BCUT2D eigenvalue weighted by atomic mass is 9.87. The number of benzene rings is 1. The topological polar surface area (TPSA) is 44.5 Å². The van der Waals surface area contributed by atoms with Gasteiger partial charge in [-0.1, -0.05) is 15.9 Å². The molecule has 1 saturated heterocycles. The van der Waals surface area contributed by atoms with Crippen LogP contribution in [0, 0.1) is 0 Å². The maximum atomic E-state index is 6.36. The van der Waals surface area contributed by atoms with Gasteiger partial charge >= 0.3 is 0 Å². The minimum atomic E-state index is -0.243. The quantitative estimate of drug-likeness (QED) is 0.933. The standard InChI is InChI=1S/C13H18BrNO2/c1-16-11-3-4-12(14)10(7-11)8-13(15)5-2-6-17-9-13/h3-4,7H,2,5-6,8-9,15H2,1H3. The van der Waals surface area contributed by atoms with Gasteiger partial charge in [-0.15, -0.1) is 0 Å². The normalized spacial score (nSPS) is 24.6. The van der Waals surface area contributed by atoms with E-state index in [1.807, 2.05) is 18.2 Å². The van der Waals surface area contributed by atoms with Crippen molar-refractivity contribution in [3.8, 4) is 5.75 Å². The zero-order valence-corrected chi connectivity index (χ0v) is 11.6. The van der Waals surface area contributed by atoms with Gasteiger partial charge in [-0.05, 0) is 43.0 Å². The molecular weight excluding hydrogens is 282 g/mol. The van der Waals surface area contributed by atoms with Gasteiger partial charge in [0.2, 0.25) is 0 Å². The fourth-order valence-corrected chi connectivity index (χ4v) is 2.59. The van der Waals surface area contributed by atoms with Gasteiger partial charge < -0.3 is 15.2 Å². The van der Waals surface area contributed by atoms with E-state index in [4.69, 9.17) is 15.2 Å². The summed E-state index contributed by atoms with van der Waals surface area (Å²) in [5, 5.41) is 0. The zero-order chi connectivity index (χ0) is 12.3. The molecule has 0 amide bonds. The van der Waals surface area contributed by atoms with Crippen LogP contribution in [0.5, 0.6) is 5.75 Å². The molecule has 1 aliphatic rings. The van der Waals surface area contributed by atoms with E-state index in [0.29, 0.717) is 6.61 Å². The first-order valence-corrected chi connectivity index (χ1v) is 6.61. The Bertz CT molecular complexity index is 389. The molecule has 0 spiro atoms. The van der Waals surface area contributed by atoms with E-state index < -0.39 is 0 Å². The highest BCUT2D eigenvalue weighted by Crippen LogP contribution is 2.28. The van der Waals surface area contributed by atoms with Gasteiger partial charge in [0.1, 0.15) is 5.75 Å². The molecule has 1 aliphatic heterocycles. The van der Waals surface area contributed by atoms with E-state index in [9.17, 15) is 0 Å². The van der Waals surface area contributed by atoms with E-state index in [1.165, 1.54) is 5.56 Å². The van der Waals surface area contributed by atoms with Crippen LogP contribution in [0.3, 0.4) is 0 Å². The molecule has 2 rings (SSSR count). The van der Waals surface area contributed by atoms with Crippen molar-refractivity contribution in [3.63, 3.8) is 0 Å². The Morgan fingerprint density at radius 1 is 1.53 bits per heavy atom. The summed E-state index contributed by atoms with van der Waals surface area (Å²) >= 11 is 3.56. The number of nitrogens with two attached hydrogens (primary N) is 1. The Balaban J connectivity index is 2.16. The monoisotopic (exact) mass is 299 g/mol. The first-order valence-electron chi connectivity index (χ1n) is 5.82. The van der Waals surface area contributed by atoms with E-state index in [-0.39, 0.29) is 5.54 Å². The minimum Gasteiger partial charge on any atom is -0.497 e. The maximum absolute atomic E-state index is 6.36. The number of hydrogen-bond acceptors (Lipinski definition) is 3. The summed E-state index contributed by atoms with van der Waals surface area (Å²) < 4.78 is 11.8. The molecule has 0 radical (unpaired) electrons. The fourth-order valence-electron chi connectivity index (χ4n) is 2.21. The molecule has 1 aromatic rings. The summed E-state index contributed by atoms with van der Waals surface area (Å²) in [5.74, 6) is 0.864. The minimum absolute atomic E-state index is 0.243. The van der Waals surface area contributed by atoms with Gasteiger partial charge in [-0.3, -0.25) is 0 Å². The van der Waals surface area contributed by atoms with Crippen LogP contribution in [-0.4, -0.2) is 25.9 Å². The predicted molar refractivity (Wildman–Crippen MR) is 71.4 cm³/mol. The molecule has 2 N–H and O–H groups in total. The van der Waals surface area contributed by atoms with Crippen LogP contribution in [0.1, 0.15) is 18.4 Å². The Hall–Kier alpha value is -0.580. The summed E-state index contributed by atoms with van der Waals surface area (Å²) in [5.41, 5.74) is 7.30. The van der Waals surface area contributed by atoms with Crippen molar-refractivity contribution in [1.29, 1.82) is 0 Å². The Morgan fingerprint density at radius 2 is 2.35 bits per heavy atom. The lowest BCUT2D eigenvalue weighted by Crippen LogP contribution is -2.49. The zero-order valence-electron chi connectivity index (χ0n) is 10.0. The van der Waals surface area contributed by atoms with Crippen molar-refractivity contribution in [1.82, 2.24) is 0 Å². The van der Waals surface area contributed by atoms with Crippen molar-refractivity contribution in [2.24, 2.45) is 5.73 Å². The van der Waals surface area contributed by atoms with Crippen molar-refractivity contribution in [3.05, 3.63) is 28.2 Å². The van der Waals surface area contributed by atoms with Crippen LogP contribution in [0.25, 0.3) is 0 Å². The first kappa shape index (κ1) is 12.9. The molecule has 1 aromatic carbocycles. The number of rotatable bonds is 3. The molecule has 0 aromatic heterocycles. The molecule has 94 valence electrons.